The quantitative estimate of drug-likeness (QED) is 0.229. The molecule has 1 N–H and O–H groups in total. The molecule has 2 amide bonds. The van der Waals surface area contributed by atoms with E-state index in [9.17, 15) is 24.3 Å². The van der Waals surface area contributed by atoms with E-state index in [2.05, 4.69) is 20.8 Å². The largest absolute Gasteiger partial charge is 0.507 e. The molecule has 2 saturated heterocycles. The van der Waals surface area contributed by atoms with E-state index in [1.54, 1.807) is 12.1 Å². The van der Waals surface area contributed by atoms with E-state index < -0.39 is 23.7 Å². The van der Waals surface area contributed by atoms with Crippen molar-refractivity contribution in [3.8, 4) is 5.75 Å². The number of nitrogens with zero attached hydrogens (tertiary/aromatic N) is 2. The summed E-state index contributed by atoms with van der Waals surface area (Å²) in [5.74, 6) is -3.18. The number of hydrogen-bond donors (Lipinski definition) is 1. The van der Waals surface area contributed by atoms with Crippen molar-refractivity contribution in [2.24, 2.45) is 17.8 Å². The number of benzene rings is 3. The molecule has 2 aliphatic heterocycles. The third-order valence-electron chi connectivity index (χ3n) is 10.1. The van der Waals surface area contributed by atoms with Crippen LogP contribution in [0.5, 0.6) is 5.75 Å². The van der Waals surface area contributed by atoms with Gasteiger partial charge in [0.1, 0.15) is 5.75 Å². The Kier molecular flexibility index (Phi) is 6.65. The molecular weight excluding hydrogens is 636 g/mol. The highest BCUT2D eigenvalue weighted by molar-refractivity contribution is 9.12. The Morgan fingerprint density at radius 1 is 0.822 bits per heavy atom. The van der Waals surface area contributed by atoms with Gasteiger partial charge in [-0.2, -0.15) is 0 Å². The fourth-order valence-corrected chi connectivity index (χ4v) is 8.46. The van der Waals surface area contributed by atoms with Crippen LogP contribution in [-0.4, -0.2) is 54.8 Å². The van der Waals surface area contributed by atoms with Crippen molar-refractivity contribution in [1.29, 1.82) is 0 Å². The number of imide groups is 1. The van der Waals surface area contributed by atoms with E-state index in [1.165, 1.54) is 11.0 Å². The van der Waals surface area contributed by atoms with Gasteiger partial charge in [0.15, 0.2) is 11.6 Å². The summed E-state index contributed by atoms with van der Waals surface area (Å²) in [5.41, 5.74) is 4.00. The molecule has 4 atom stereocenters. The summed E-state index contributed by atoms with van der Waals surface area (Å²) in [4.78, 5) is 59.0. The number of anilines is 2. The van der Waals surface area contributed by atoms with Gasteiger partial charge >= 0.3 is 0 Å². The molecule has 0 spiro atoms. The summed E-state index contributed by atoms with van der Waals surface area (Å²) >= 11 is 3.29. The van der Waals surface area contributed by atoms with Crippen molar-refractivity contribution in [3.05, 3.63) is 99.6 Å². The molecule has 5 aliphatic rings. The summed E-state index contributed by atoms with van der Waals surface area (Å²) in [5, 5.41) is 12.0. The summed E-state index contributed by atoms with van der Waals surface area (Å²) in [6.45, 7) is 2.88. The normalized spacial score (nSPS) is 26.5. The van der Waals surface area contributed by atoms with E-state index >= 15 is 0 Å². The van der Waals surface area contributed by atoms with Crippen LogP contribution in [0.2, 0.25) is 0 Å². The zero-order valence-electron chi connectivity index (χ0n) is 24.2. The topological polar surface area (TPSA) is 104 Å². The number of Topliss-reactive ketones (excluding diaryl/α,β-unsaturated/α-hetero) is 1. The molecule has 0 bridgehead atoms. The summed E-state index contributed by atoms with van der Waals surface area (Å²) in [7, 11) is 0. The number of carbonyl (C=O) groups is 4. The minimum absolute atomic E-state index is 0.120. The summed E-state index contributed by atoms with van der Waals surface area (Å²) in [6, 6.07) is 18.4. The summed E-state index contributed by atoms with van der Waals surface area (Å²) in [6.07, 6.45) is 3.91. The minimum Gasteiger partial charge on any atom is -0.507 e. The molecule has 2 heterocycles. The van der Waals surface area contributed by atoms with Crippen molar-refractivity contribution in [3.63, 3.8) is 0 Å². The number of carbonyl (C=O) groups excluding carboxylic acids is 4. The van der Waals surface area contributed by atoms with Gasteiger partial charge in [-0.3, -0.25) is 24.1 Å². The second kappa shape index (κ2) is 10.6. The Morgan fingerprint density at radius 3 is 2.29 bits per heavy atom. The van der Waals surface area contributed by atoms with Crippen molar-refractivity contribution in [2.75, 3.05) is 36.1 Å². The number of phenols is 1. The smallest absolute Gasteiger partial charge is 0.238 e. The highest BCUT2D eigenvalue weighted by Crippen LogP contribution is 2.56. The lowest BCUT2D eigenvalue weighted by Crippen LogP contribution is -2.39. The summed E-state index contributed by atoms with van der Waals surface area (Å²) < 4.78 is 5.65. The number of ketones is 2. The molecule has 0 saturated carbocycles. The molecule has 3 aromatic carbocycles. The number of amides is 2. The van der Waals surface area contributed by atoms with Crippen molar-refractivity contribution in [1.82, 2.24) is 0 Å². The molecule has 3 aliphatic carbocycles. The molecule has 0 aromatic heterocycles. The number of ether oxygens (including phenoxy) is 1. The van der Waals surface area contributed by atoms with E-state index in [-0.39, 0.29) is 40.0 Å². The zero-order valence-corrected chi connectivity index (χ0v) is 25.8. The Bertz CT molecular complexity index is 1920. The molecule has 4 unspecified atom stereocenters. The molecule has 0 radical (unpaired) electrons. The average Bonchev–Trinajstić information content (AvgIpc) is 3.33. The maximum absolute atomic E-state index is 14.3. The van der Waals surface area contributed by atoms with Gasteiger partial charge in [0, 0.05) is 47.3 Å². The average molecular weight is 666 g/mol. The van der Waals surface area contributed by atoms with Gasteiger partial charge < -0.3 is 14.7 Å². The zero-order chi connectivity index (χ0) is 31.0. The van der Waals surface area contributed by atoms with E-state index in [4.69, 9.17) is 4.74 Å². The van der Waals surface area contributed by atoms with Crippen LogP contribution < -0.4 is 9.80 Å². The van der Waals surface area contributed by atoms with Crippen molar-refractivity contribution in [2.45, 2.75) is 18.8 Å². The third-order valence-corrected chi connectivity index (χ3v) is 10.7. The number of phenolic OH excluding ortho intramolecular Hbond substituents is 1. The van der Waals surface area contributed by atoms with Crippen LogP contribution in [0.4, 0.5) is 11.4 Å². The molecule has 9 heteroatoms. The number of morpholine rings is 1. The van der Waals surface area contributed by atoms with Crippen LogP contribution >= 0.6 is 15.9 Å². The van der Waals surface area contributed by atoms with Crippen LogP contribution in [-0.2, 0) is 23.9 Å². The first-order valence-corrected chi connectivity index (χ1v) is 16.0. The molecule has 8 nitrogen and oxygen atoms in total. The first-order chi connectivity index (χ1) is 21.8. The molecule has 45 heavy (non-hydrogen) atoms. The van der Waals surface area contributed by atoms with Crippen molar-refractivity contribution < 1.29 is 29.0 Å². The number of rotatable bonds is 3. The minimum atomic E-state index is -0.663. The second-order valence-corrected chi connectivity index (χ2v) is 13.1. The first kappa shape index (κ1) is 28.2. The van der Waals surface area contributed by atoms with Gasteiger partial charge in [-0.25, -0.2) is 0 Å². The van der Waals surface area contributed by atoms with Gasteiger partial charge in [0.25, 0.3) is 0 Å². The Labute approximate surface area is 267 Å². The molecule has 2 fully saturated rings. The molecule has 3 aromatic rings. The predicted molar refractivity (Wildman–Crippen MR) is 172 cm³/mol. The first-order valence-electron chi connectivity index (χ1n) is 15.2. The SMILES string of the molecule is O=C1C=C(Br)C(=O)C2=C1C(c1ccc(O)c3ccccc13)C1=CCC3C(=O)N(c4ccc(N5CCOCC5)cc4)C(=O)C3C1C2. The van der Waals surface area contributed by atoms with Gasteiger partial charge in [0.05, 0.1) is 35.2 Å². The number of allylic oxidation sites excluding steroid dienone is 6. The third kappa shape index (κ3) is 4.28. The van der Waals surface area contributed by atoms with Crippen LogP contribution in [0, 0.1) is 17.8 Å². The van der Waals surface area contributed by atoms with Gasteiger partial charge in [-0.05, 0) is 76.0 Å². The lowest BCUT2D eigenvalue weighted by molar-refractivity contribution is -0.123. The maximum atomic E-state index is 14.3. The predicted octanol–water partition coefficient (Wildman–Crippen LogP) is 5.35. The fraction of sp³-hybridized carbons (Fsp3) is 0.278. The maximum Gasteiger partial charge on any atom is 0.238 e. The molecule has 8 rings (SSSR count). The van der Waals surface area contributed by atoms with E-state index in [1.807, 2.05) is 54.6 Å². The van der Waals surface area contributed by atoms with Crippen LogP contribution in [0.25, 0.3) is 10.8 Å². The van der Waals surface area contributed by atoms with Gasteiger partial charge in [-0.1, -0.05) is 42.0 Å². The van der Waals surface area contributed by atoms with Crippen LogP contribution in [0.15, 0.2) is 94.0 Å². The Balaban J connectivity index is 1.21. The van der Waals surface area contributed by atoms with Crippen LogP contribution in [0.1, 0.15) is 24.3 Å². The molecule has 226 valence electrons. The number of aromatic hydroxyl groups is 1. The Morgan fingerprint density at radius 2 is 1.53 bits per heavy atom. The van der Waals surface area contributed by atoms with Crippen LogP contribution in [0.3, 0.4) is 0 Å². The van der Waals surface area contributed by atoms with E-state index in [0.717, 1.165) is 35.3 Å². The lowest BCUT2D eigenvalue weighted by Gasteiger charge is -2.42. The van der Waals surface area contributed by atoms with Gasteiger partial charge in [-0.15, -0.1) is 0 Å². The second-order valence-electron chi connectivity index (χ2n) is 12.2. The van der Waals surface area contributed by atoms with Crippen molar-refractivity contribution >= 4 is 61.5 Å². The number of halogens is 1. The number of fused-ring (bicyclic) bond motifs is 4. The fourth-order valence-electron chi connectivity index (χ4n) is 8.01. The van der Waals surface area contributed by atoms with Gasteiger partial charge in [0.2, 0.25) is 11.8 Å². The highest BCUT2D eigenvalue weighted by Gasteiger charge is 2.56. The highest BCUT2D eigenvalue weighted by atomic mass is 79.9. The number of hydrogen-bond acceptors (Lipinski definition) is 7. The standard InChI is InChI=1S/C36H29BrN2O6/c37-28-18-30(41)33-27(34(28)42)17-26-24(31(33)23-11-12-29(40)22-4-2-1-3-21(22)23)9-10-25-32(26)36(44)39(35(25)43)20-7-5-19(6-8-20)38-13-15-45-16-14-38/h1-9,11-12,18,25-26,31-32,40H,10,13-17H2. The molecular formula is C36H29BrN2O6. The Hall–Kier alpha value is -4.34. The van der Waals surface area contributed by atoms with E-state index in [0.29, 0.717) is 41.9 Å². The monoisotopic (exact) mass is 664 g/mol. The lowest BCUT2D eigenvalue weighted by atomic mass is 9.59.